The molecule has 1 rings (SSSR count). The lowest BCUT2D eigenvalue weighted by molar-refractivity contribution is 0.0518. The first-order valence-corrected chi connectivity index (χ1v) is 3.11. The van der Waals surface area contributed by atoms with E-state index in [4.69, 9.17) is 5.73 Å². The third kappa shape index (κ3) is 0.858. The summed E-state index contributed by atoms with van der Waals surface area (Å²) in [6, 6.07) is 0.0162. The molecule has 0 amide bonds. The molecule has 1 aliphatic rings. The molecule has 0 radical (unpaired) electrons. The Balaban J connectivity index is 2.54. The summed E-state index contributed by atoms with van der Waals surface area (Å²) in [5.74, 6) is 0. The molecule has 3 N–H and O–H groups in total. The Hall–Kier alpha value is -0.0800. The second kappa shape index (κ2) is 1.71. The smallest absolute Gasteiger partial charge is 0.0769 e. The molecule has 1 saturated carbocycles. The van der Waals surface area contributed by atoms with E-state index in [1.807, 2.05) is 6.92 Å². The van der Waals surface area contributed by atoms with Crippen LogP contribution in [0.15, 0.2) is 0 Å². The summed E-state index contributed by atoms with van der Waals surface area (Å²) >= 11 is 0. The fourth-order valence-corrected chi connectivity index (χ4v) is 1.18. The van der Waals surface area contributed by atoms with Crippen LogP contribution in [-0.4, -0.2) is 16.7 Å². The monoisotopic (exact) mass is 115 g/mol. The van der Waals surface area contributed by atoms with E-state index in [9.17, 15) is 5.11 Å². The fraction of sp³-hybridized carbons (Fsp3) is 1.00. The predicted molar refractivity (Wildman–Crippen MR) is 32.5 cm³/mol. The van der Waals surface area contributed by atoms with Gasteiger partial charge in [0.2, 0.25) is 0 Å². The van der Waals surface area contributed by atoms with Crippen molar-refractivity contribution in [1.29, 1.82) is 0 Å². The first-order chi connectivity index (χ1) is 3.63. The standard InChI is InChI=1S/C6H13NO/c1-6(8)4-2-3-5(6)7/h5,8H,2-4,7H2,1H3/t5?,6-/m0/s1. The van der Waals surface area contributed by atoms with Crippen LogP contribution >= 0.6 is 0 Å². The summed E-state index contributed by atoms with van der Waals surface area (Å²) in [7, 11) is 0. The number of nitrogens with two attached hydrogens (primary N) is 1. The van der Waals surface area contributed by atoms with Gasteiger partial charge in [0, 0.05) is 6.04 Å². The van der Waals surface area contributed by atoms with Gasteiger partial charge < -0.3 is 10.8 Å². The summed E-state index contributed by atoms with van der Waals surface area (Å²) in [4.78, 5) is 0. The molecule has 0 bridgehead atoms. The summed E-state index contributed by atoms with van der Waals surface area (Å²) in [6.45, 7) is 1.81. The lowest BCUT2D eigenvalue weighted by atomic mass is 10.0. The van der Waals surface area contributed by atoms with Crippen molar-refractivity contribution in [2.24, 2.45) is 5.73 Å². The summed E-state index contributed by atoms with van der Waals surface area (Å²) in [5, 5.41) is 9.34. The van der Waals surface area contributed by atoms with Gasteiger partial charge in [0.25, 0.3) is 0 Å². The lowest BCUT2D eigenvalue weighted by Gasteiger charge is -2.20. The second-order valence-electron chi connectivity index (χ2n) is 2.86. The first kappa shape index (κ1) is 6.05. The van der Waals surface area contributed by atoms with Crippen LogP contribution in [0.1, 0.15) is 26.2 Å². The maximum Gasteiger partial charge on any atom is 0.0769 e. The quantitative estimate of drug-likeness (QED) is 0.475. The average Bonchev–Trinajstić information content (AvgIpc) is 1.86. The van der Waals surface area contributed by atoms with E-state index < -0.39 is 5.60 Å². The van der Waals surface area contributed by atoms with Crippen molar-refractivity contribution in [3.63, 3.8) is 0 Å². The molecule has 0 saturated heterocycles. The van der Waals surface area contributed by atoms with E-state index >= 15 is 0 Å². The molecule has 0 aromatic carbocycles. The normalized spacial score (nSPS) is 47.6. The minimum atomic E-state index is -0.569. The molecule has 1 fully saturated rings. The van der Waals surface area contributed by atoms with Crippen molar-refractivity contribution in [2.45, 2.75) is 37.8 Å². The topological polar surface area (TPSA) is 46.2 Å². The Labute approximate surface area is 49.7 Å². The summed E-state index contributed by atoms with van der Waals surface area (Å²) in [6.07, 6.45) is 2.93. The largest absolute Gasteiger partial charge is 0.389 e. The molecule has 2 heteroatoms. The van der Waals surface area contributed by atoms with Gasteiger partial charge in [0.15, 0.2) is 0 Å². The van der Waals surface area contributed by atoms with E-state index in [0.717, 1.165) is 19.3 Å². The number of hydrogen-bond acceptors (Lipinski definition) is 2. The minimum absolute atomic E-state index is 0.0162. The number of rotatable bonds is 0. The van der Waals surface area contributed by atoms with Gasteiger partial charge in [0.05, 0.1) is 5.60 Å². The van der Waals surface area contributed by atoms with Crippen LogP contribution in [0.2, 0.25) is 0 Å². The van der Waals surface area contributed by atoms with E-state index in [0.29, 0.717) is 0 Å². The van der Waals surface area contributed by atoms with Crippen LogP contribution in [0, 0.1) is 0 Å². The highest BCUT2D eigenvalue weighted by Gasteiger charge is 2.33. The van der Waals surface area contributed by atoms with Crippen molar-refractivity contribution < 1.29 is 5.11 Å². The Kier molecular flexibility index (Phi) is 1.29. The minimum Gasteiger partial charge on any atom is -0.389 e. The maximum atomic E-state index is 9.34. The van der Waals surface area contributed by atoms with E-state index in [2.05, 4.69) is 0 Å². The van der Waals surface area contributed by atoms with Crippen LogP contribution in [0.5, 0.6) is 0 Å². The zero-order valence-electron chi connectivity index (χ0n) is 5.22. The van der Waals surface area contributed by atoms with E-state index in [-0.39, 0.29) is 6.04 Å². The van der Waals surface area contributed by atoms with Crippen LogP contribution < -0.4 is 5.73 Å². The molecule has 48 valence electrons. The second-order valence-corrected chi connectivity index (χ2v) is 2.86. The molecule has 2 nitrogen and oxygen atoms in total. The summed E-state index contributed by atoms with van der Waals surface area (Å²) < 4.78 is 0. The highest BCUT2D eigenvalue weighted by Crippen LogP contribution is 2.27. The fourth-order valence-electron chi connectivity index (χ4n) is 1.18. The van der Waals surface area contributed by atoms with Crippen molar-refractivity contribution in [3.8, 4) is 0 Å². The van der Waals surface area contributed by atoms with Gasteiger partial charge in [-0.15, -0.1) is 0 Å². The van der Waals surface area contributed by atoms with Gasteiger partial charge in [-0.25, -0.2) is 0 Å². The van der Waals surface area contributed by atoms with E-state index in [1.54, 1.807) is 0 Å². The van der Waals surface area contributed by atoms with E-state index in [1.165, 1.54) is 0 Å². The number of aliphatic hydroxyl groups is 1. The van der Waals surface area contributed by atoms with Crippen LogP contribution in [0.4, 0.5) is 0 Å². The molecule has 0 aromatic rings. The molecule has 2 atom stereocenters. The molecule has 8 heavy (non-hydrogen) atoms. The van der Waals surface area contributed by atoms with Crippen molar-refractivity contribution in [3.05, 3.63) is 0 Å². The summed E-state index contributed by atoms with van der Waals surface area (Å²) in [5.41, 5.74) is 4.99. The van der Waals surface area contributed by atoms with Crippen LogP contribution in [-0.2, 0) is 0 Å². The van der Waals surface area contributed by atoms with Gasteiger partial charge >= 0.3 is 0 Å². The first-order valence-electron chi connectivity index (χ1n) is 3.11. The molecule has 0 heterocycles. The highest BCUT2D eigenvalue weighted by atomic mass is 16.3. The molecule has 1 aliphatic carbocycles. The van der Waals surface area contributed by atoms with Crippen molar-refractivity contribution >= 4 is 0 Å². The van der Waals surface area contributed by atoms with Gasteiger partial charge in [-0.3, -0.25) is 0 Å². The maximum absolute atomic E-state index is 9.34. The predicted octanol–water partition coefficient (Wildman–Crippen LogP) is 0.249. The van der Waals surface area contributed by atoms with Gasteiger partial charge in [-0.2, -0.15) is 0 Å². The highest BCUT2D eigenvalue weighted by molar-refractivity contribution is 4.90. The zero-order chi connectivity index (χ0) is 6.20. The Morgan fingerprint density at radius 3 is 2.50 bits per heavy atom. The molecular formula is C6H13NO. The van der Waals surface area contributed by atoms with Crippen LogP contribution in [0.3, 0.4) is 0 Å². The lowest BCUT2D eigenvalue weighted by Crippen LogP contribution is -2.40. The van der Waals surface area contributed by atoms with Crippen molar-refractivity contribution in [1.82, 2.24) is 0 Å². The van der Waals surface area contributed by atoms with Crippen LogP contribution in [0.25, 0.3) is 0 Å². The Bertz CT molecular complexity index is 90.5. The average molecular weight is 115 g/mol. The third-order valence-electron chi connectivity index (χ3n) is 2.00. The van der Waals surface area contributed by atoms with Gasteiger partial charge in [-0.05, 0) is 26.2 Å². The zero-order valence-corrected chi connectivity index (χ0v) is 5.22. The molecular weight excluding hydrogens is 102 g/mol. The molecule has 0 aliphatic heterocycles. The Morgan fingerprint density at radius 1 is 1.75 bits per heavy atom. The number of hydrogen-bond donors (Lipinski definition) is 2. The molecule has 1 unspecified atom stereocenters. The molecule has 0 aromatic heterocycles. The third-order valence-corrected chi connectivity index (χ3v) is 2.00. The van der Waals surface area contributed by atoms with Crippen molar-refractivity contribution in [2.75, 3.05) is 0 Å². The van der Waals surface area contributed by atoms with Gasteiger partial charge in [0.1, 0.15) is 0 Å². The molecule has 0 spiro atoms. The SMILES string of the molecule is C[C@]1(O)CCCC1N. The van der Waals surface area contributed by atoms with Gasteiger partial charge in [-0.1, -0.05) is 0 Å². The Morgan fingerprint density at radius 2 is 2.38 bits per heavy atom.